The normalized spacial score (nSPS) is 17.1. The molecule has 1 N–H and O–H groups in total. The van der Waals surface area contributed by atoms with Crippen LogP contribution in [0.1, 0.15) is 56.1 Å². The highest BCUT2D eigenvalue weighted by Gasteiger charge is 2.30. The number of nitrogens with zero attached hydrogens (tertiary/aromatic N) is 2. The molecule has 0 radical (unpaired) electrons. The van der Waals surface area contributed by atoms with Crippen LogP contribution < -0.4 is 5.32 Å². The van der Waals surface area contributed by atoms with Crippen molar-refractivity contribution in [3.05, 3.63) is 41.6 Å². The number of aromatic nitrogens is 1. The van der Waals surface area contributed by atoms with Crippen LogP contribution in [0.25, 0.3) is 10.9 Å². The summed E-state index contributed by atoms with van der Waals surface area (Å²) in [6.45, 7) is 10.1. The molecule has 5 heteroatoms. The molecule has 3 rings (SSSR count). The topological polar surface area (TPSA) is 62.3 Å². The number of pyridine rings is 1. The van der Waals surface area contributed by atoms with Gasteiger partial charge in [-0.3, -0.25) is 14.6 Å². The fourth-order valence-corrected chi connectivity index (χ4v) is 3.55. The molecular formula is C22H29N3O2. The third-order valence-electron chi connectivity index (χ3n) is 5.06. The van der Waals surface area contributed by atoms with Crippen molar-refractivity contribution in [1.29, 1.82) is 0 Å². The Hall–Kier alpha value is -2.43. The molecule has 0 saturated carbocycles. The highest BCUT2D eigenvalue weighted by molar-refractivity contribution is 6.06. The summed E-state index contributed by atoms with van der Waals surface area (Å²) in [5.41, 5.74) is 2.41. The summed E-state index contributed by atoms with van der Waals surface area (Å²) >= 11 is 0. The molecule has 5 nitrogen and oxygen atoms in total. The number of hydrogen-bond donors (Lipinski definition) is 1. The summed E-state index contributed by atoms with van der Waals surface area (Å²) in [7, 11) is 0. The minimum Gasteiger partial charge on any atom is -0.352 e. The number of hydrogen-bond acceptors (Lipinski definition) is 3. The third kappa shape index (κ3) is 4.29. The largest absolute Gasteiger partial charge is 0.352 e. The lowest BCUT2D eigenvalue weighted by Gasteiger charge is -2.19. The highest BCUT2D eigenvalue weighted by Crippen LogP contribution is 2.30. The van der Waals surface area contributed by atoms with E-state index in [0.717, 1.165) is 29.6 Å². The maximum Gasteiger partial charge on any atom is 0.252 e. The van der Waals surface area contributed by atoms with E-state index in [1.54, 1.807) is 0 Å². The van der Waals surface area contributed by atoms with E-state index < -0.39 is 0 Å². The van der Waals surface area contributed by atoms with Crippen LogP contribution in [0.3, 0.4) is 0 Å². The molecule has 2 amide bonds. The Morgan fingerprint density at radius 3 is 2.67 bits per heavy atom. The van der Waals surface area contributed by atoms with E-state index in [2.05, 4.69) is 19.2 Å². The van der Waals surface area contributed by atoms with Gasteiger partial charge in [-0.2, -0.15) is 0 Å². The number of carbonyl (C=O) groups is 2. The van der Waals surface area contributed by atoms with Gasteiger partial charge in [0.1, 0.15) is 0 Å². The predicted molar refractivity (Wildman–Crippen MR) is 108 cm³/mol. The summed E-state index contributed by atoms with van der Waals surface area (Å²) in [4.78, 5) is 31.8. The van der Waals surface area contributed by atoms with Gasteiger partial charge in [-0.25, -0.2) is 0 Å². The van der Waals surface area contributed by atoms with Crippen molar-refractivity contribution in [3.8, 4) is 0 Å². The van der Waals surface area contributed by atoms with Gasteiger partial charge in [0, 0.05) is 42.6 Å². The van der Waals surface area contributed by atoms with Crippen LogP contribution in [0.15, 0.2) is 30.3 Å². The minimum atomic E-state index is -0.0586. The number of fused-ring (bicyclic) bond motifs is 1. The Morgan fingerprint density at radius 1 is 1.22 bits per heavy atom. The SMILES string of the molecule is CC(C)CNC(=O)c1cc([C@H]2CCN(C(=O)C(C)C)C2)nc2ccccc12. The highest BCUT2D eigenvalue weighted by atomic mass is 16.2. The Labute approximate surface area is 161 Å². The molecule has 1 aromatic carbocycles. The van der Waals surface area contributed by atoms with E-state index in [1.165, 1.54) is 0 Å². The Bertz CT molecular complexity index is 845. The Kier molecular flexibility index (Phi) is 5.78. The predicted octanol–water partition coefficient (Wildman–Crippen LogP) is 3.59. The van der Waals surface area contributed by atoms with Crippen molar-refractivity contribution >= 4 is 22.7 Å². The van der Waals surface area contributed by atoms with Gasteiger partial charge in [-0.05, 0) is 24.5 Å². The van der Waals surface area contributed by atoms with Crippen molar-refractivity contribution < 1.29 is 9.59 Å². The van der Waals surface area contributed by atoms with Crippen molar-refractivity contribution in [2.75, 3.05) is 19.6 Å². The zero-order chi connectivity index (χ0) is 19.6. The van der Waals surface area contributed by atoms with E-state index in [4.69, 9.17) is 4.98 Å². The lowest BCUT2D eigenvalue weighted by molar-refractivity contribution is -0.133. The summed E-state index contributed by atoms with van der Waals surface area (Å²) in [6, 6.07) is 9.69. The molecule has 1 fully saturated rings. The lowest BCUT2D eigenvalue weighted by Crippen LogP contribution is -2.32. The first kappa shape index (κ1) is 19.3. The fourth-order valence-electron chi connectivity index (χ4n) is 3.55. The Morgan fingerprint density at radius 2 is 1.96 bits per heavy atom. The molecule has 1 saturated heterocycles. The number of likely N-dealkylation sites (tertiary alicyclic amines) is 1. The zero-order valence-corrected chi connectivity index (χ0v) is 16.7. The molecule has 0 spiro atoms. The van der Waals surface area contributed by atoms with E-state index in [1.807, 2.05) is 49.1 Å². The quantitative estimate of drug-likeness (QED) is 0.878. The minimum absolute atomic E-state index is 0.00526. The van der Waals surface area contributed by atoms with Gasteiger partial charge in [-0.15, -0.1) is 0 Å². The van der Waals surface area contributed by atoms with Gasteiger partial charge in [0.25, 0.3) is 5.91 Å². The second kappa shape index (κ2) is 8.07. The molecule has 0 unspecified atom stereocenters. The molecule has 1 aliphatic rings. The molecule has 1 atom stereocenters. The van der Waals surface area contributed by atoms with Crippen LogP contribution in [0.2, 0.25) is 0 Å². The average Bonchev–Trinajstić information content (AvgIpc) is 3.14. The van der Waals surface area contributed by atoms with E-state index in [9.17, 15) is 9.59 Å². The van der Waals surface area contributed by atoms with Gasteiger partial charge in [0.2, 0.25) is 5.91 Å². The molecular weight excluding hydrogens is 338 g/mol. The van der Waals surface area contributed by atoms with Crippen LogP contribution >= 0.6 is 0 Å². The first-order valence-electron chi connectivity index (χ1n) is 9.83. The first-order valence-corrected chi connectivity index (χ1v) is 9.83. The van der Waals surface area contributed by atoms with Gasteiger partial charge in [-0.1, -0.05) is 45.9 Å². The maximum absolute atomic E-state index is 12.8. The van der Waals surface area contributed by atoms with Crippen LogP contribution in [0.5, 0.6) is 0 Å². The van der Waals surface area contributed by atoms with Crippen molar-refractivity contribution in [2.45, 2.75) is 40.0 Å². The van der Waals surface area contributed by atoms with E-state index in [0.29, 0.717) is 24.6 Å². The van der Waals surface area contributed by atoms with Gasteiger partial charge in [0.05, 0.1) is 11.1 Å². The maximum atomic E-state index is 12.8. The molecule has 0 aliphatic carbocycles. The fraction of sp³-hybridized carbons (Fsp3) is 0.500. The van der Waals surface area contributed by atoms with Crippen molar-refractivity contribution in [2.24, 2.45) is 11.8 Å². The molecule has 2 aromatic rings. The number of benzene rings is 1. The standard InChI is InChI=1S/C22H29N3O2/c1-14(2)12-23-21(26)18-11-20(24-19-8-6-5-7-17(18)19)16-9-10-25(13-16)22(27)15(3)4/h5-8,11,14-16H,9-10,12-13H2,1-4H3,(H,23,26)/t16-/m0/s1. The van der Waals surface area contributed by atoms with Crippen LogP contribution in [0, 0.1) is 11.8 Å². The Balaban J connectivity index is 1.91. The molecule has 1 aromatic heterocycles. The summed E-state index contributed by atoms with van der Waals surface area (Å²) < 4.78 is 0. The molecule has 2 heterocycles. The number of carbonyl (C=O) groups excluding carboxylic acids is 2. The van der Waals surface area contributed by atoms with Crippen molar-refractivity contribution in [1.82, 2.24) is 15.2 Å². The van der Waals surface area contributed by atoms with Crippen LogP contribution in [0.4, 0.5) is 0 Å². The number of nitrogens with one attached hydrogen (secondary N) is 1. The van der Waals surface area contributed by atoms with Crippen molar-refractivity contribution in [3.63, 3.8) is 0 Å². The number of amides is 2. The zero-order valence-electron chi connectivity index (χ0n) is 16.7. The smallest absolute Gasteiger partial charge is 0.252 e. The van der Waals surface area contributed by atoms with E-state index in [-0.39, 0.29) is 23.7 Å². The van der Waals surface area contributed by atoms with Crippen LogP contribution in [-0.4, -0.2) is 41.3 Å². The summed E-state index contributed by atoms with van der Waals surface area (Å²) in [5.74, 6) is 0.705. The molecule has 27 heavy (non-hydrogen) atoms. The number of rotatable bonds is 5. The van der Waals surface area contributed by atoms with E-state index >= 15 is 0 Å². The van der Waals surface area contributed by atoms with Gasteiger partial charge >= 0.3 is 0 Å². The lowest BCUT2D eigenvalue weighted by atomic mass is 9.99. The second-order valence-electron chi connectivity index (χ2n) is 8.14. The second-order valence-corrected chi connectivity index (χ2v) is 8.14. The molecule has 144 valence electrons. The monoisotopic (exact) mass is 367 g/mol. The molecule has 0 bridgehead atoms. The average molecular weight is 367 g/mol. The number of para-hydroxylation sites is 1. The van der Waals surface area contributed by atoms with Gasteiger partial charge < -0.3 is 10.2 Å². The van der Waals surface area contributed by atoms with Crippen LogP contribution in [-0.2, 0) is 4.79 Å². The van der Waals surface area contributed by atoms with Gasteiger partial charge in [0.15, 0.2) is 0 Å². The summed E-state index contributed by atoms with van der Waals surface area (Å²) in [5, 5.41) is 3.89. The summed E-state index contributed by atoms with van der Waals surface area (Å²) in [6.07, 6.45) is 0.886. The molecule has 1 aliphatic heterocycles. The first-order chi connectivity index (χ1) is 12.9. The third-order valence-corrected chi connectivity index (χ3v) is 5.06.